The van der Waals surface area contributed by atoms with Crippen LogP contribution < -0.4 is 9.64 Å². The van der Waals surface area contributed by atoms with Crippen LogP contribution in [0.25, 0.3) is 0 Å². The molecule has 0 saturated carbocycles. The van der Waals surface area contributed by atoms with Gasteiger partial charge in [0.1, 0.15) is 6.10 Å². The summed E-state index contributed by atoms with van der Waals surface area (Å²) in [5.41, 5.74) is 0. The predicted octanol–water partition coefficient (Wildman–Crippen LogP) is 2.08. The maximum atomic E-state index is 14.1. The van der Waals surface area contributed by atoms with Crippen molar-refractivity contribution in [2.45, 2.75) is 37.9 Å². The van der Waals surface area contributed by atoms with Crippen LogP contribution in [0.3, 0.4) is 0 Å². The number of carbonyl (C=O) groups excluding carboxylic acids is 1. The molecule has 0 N–H and O–H groups in total. The quantitative estimate of drug-likeness (QED) is 0.831. The maximum Gasteiger partial charge on any atom is 0.251 e. The van der Waals surface area contributed by atoms with Gasteiger partial charge >= 0.3 is 0 Å². The summed E-state index contributed by atoms with van der Waals surface area (Å²) in [6.45, 7) is 1.46. The van der Waals surface area contributed by atoms with Crippen LogP contribution >= 0.6 is 0 Å². The third-order valence-corrected chi connectivity index (χ3v) is 5.14. The molecule has 2 aliphatic rings. The lowest BCUT2D eigenvalue weighted by Crippen LogP contribution is -2.39. The van der Waals surface area contributed by atoms with E-state index in [1.807, 2.05) is 4.90 Å². The van der Waals surface area contributed by atoms with Gasteiger partial charge in [-0.05, 0) is 37.7 Å². The lowest BCUT2D eigenvalue weighted by Gasteiger charge is -2.35. The Morgan fingerprint density at radius 3 is 2.64 bits per heavy atom. The van der Waals surface area contributed by atoms with Crippen LogP contribution in [0.5, 0.6) is 5.88 Å². The first kappa shape index (κ1) is 17.9. The van der Waals surface area contributed by atoms with Crippen molar-refractivity contribution >= 4 is 11.7 Å². The highest BCUT2D eigenvalue weighted by atomic mass is 19.1. The zero-order chi connectivity index (χ0) is 18.0. The standard InChI is InChI=1S/C18H26FN3O3/c1-21(2)18(23)15-6-5-14(25-15)12-8-10-22(11-9-12)17-13(19)4-7-16(20-17)24-3/h4,7,12,14-15H,5-6,8-11H2,1-3H3/t14-,15+/m0/s1. The highest BCUT2D eigenvalue weighted by molar-refractivity contribution is 5.80. The molecular formula is C18H26FN3O3. The zero-order valence-corrected chi connectivity index (χ0v) is 15.1. The first-order valence-corrected chi connectivity index (χ1v) is 8.81. The van der Waals surface area contributed by atoms with Crippen molar-refractivity contribution in [3.63, 3.8) is 0 Å². The number of piperidine rings is 1. The largest absolute Gasteiger partial charge is 0.481 e. The Kier molecular flexibility index (Phi) is 5.42. The molecule has 0 spiro atoms. The number of nitrogens with zero attached hydrogens (tertiary/aromatic N) is 3. The summed E-state index contributed by atoms with van der Waals surface area (Å²) in [4.78, 5) is 19.8. The molecule has 3 rings (SSSR count). The van der Waals surface area contributed by atoms with Crippen molar-refractivity contribution < 1.29 is 18.7 Å². The Hall–Kier alpha value is -1.89. The van der Waals surface area contributed by atoms with E-state index >= 15 is 0 Å². The van der Waals surface area contributed by atoms with E-state index in [0.29, 0.717) is 17.6 Å². The average Bonchev–Trinajstić information content (AvgIpc) is 3.11. The fourth-order valence-corrected chi connectivity index (χ4v) is 3.71. The molecule has 1 amide bonds. The van der Waals surface area contributed by atoms with E-state index in [1.54, 1.807) is 19.0 Å². The number of hydrogen-bond acceptors (Lipinski definition) is 5. The Labute approximate surface area is 147 Å². The summed E-state index contributed by atoms with van der Waals surface area (Å²) in [6, 6.07) is 2.92. The molecule has 1 aromatic heterocycles. The Morgan fingerprint density at radius 1 is 1.28 bits per heavy atom. The van der Waals surface area contributed by atoms with Gasteiger partial charge in [-0.25, -0.2) is 4.39 Å². The van der Waals surface area contributed by atoms with Crippen molar-refractivity contribution in [3.8, 4) is 5.88 Å². The third-order valence-electron chi connectivity index (χ3n) is 5.14. The number of rotatable bonds is 4. The van der Waals surface area contributed by atoms with E-state index in [9.17, 15) is 9.18 Å². The van der Waals surface area contributed by atoms with Gasteiger partial charge in [0.15, 0.2) is 11.6 Å². The maximum absolute atomic E-state index is 14.1. The molecule has 6 nitrogen and oxygen atoms in total. The van der Waals surface area contributed by atoms with Gasteiger partial charge in [-0.3, -0.25) is 4.79 Å². The average molecular weight is 351 g/mol. The minimum absolute atomic E-state index is 0.0441. The fourth-order valence-electron chi connectivity index (χ4n) is 3.71. The monoisotopic (exact) mass is 351 g/mol. The smallest absolute Gasteiger partial charge is 0.251 e. The Balaban J connectivity index is 1.57. The number of hydrogen-bond donors (Lipinski definition) is 0. The van der Waals surface area contributed by atoms with E-state index in [0.717, 1.165) is 38.8 Å². The number of ether oxygens (including phenoxy) is 2. The van der Waals surface area contributed by atoms with E-state index in [1.165, 1.54) is 19.2 Å². The second-order valence-corrected chi connectivity index (χ2v) is 6.96. The number of amides is 1. The molecule has 2 aliphatic heterocycles. The summed E-state index contributed by atoms with van der Waals surface area (Å²) in [5.74, 6) is 0.897. The molecule has 2 fully saturated rings. The van der Waals surface area contributed by atoms with Gasteiger partial charge in [0.2, 0.25) is 5.88 Å². The van der Waals surface area contributed by atoms with Crippen LogP contribution in [-0.4, -0.2) is 62.3 Å². The summed E-state index contributed by atoms with van der Waals surface area (Å²) in [6.07, 6.45) is 3.33. The van der Waals surface area contributed by atoms with E-state index in [-0.39, 0.29) is 23.9 Å². The van der Waals surface area contributed by atoms with Gasteiger partial charge in [-0.2, -0.15) is 4.98 Å². The van der Waals surface area contributed by atoms with Crippen LogP contribution in [0, 0.1) is 11.7 Å². The number of aromatic nitrogens is 1. The Bertz CT molecular complexity index is 618. The number of carbonyl (C=O) groups is 1. The summed E-state index contributed by atoms with van der Waals surface area (Å²) >= 11 is 0. The van der Waals surface area contributed by atoms with Crippen LogP contribution in [0.15, 0.2) is 12.1 Å². The molecule has 0 unspecified atom stereocenters. The minimum Gasteiger partial charge on any atom is -0.481 e. The van der Waals surface area contributed by atoms with Gasteiger partial charge in [0, 0.05) is 33.3 Å². The molecule has 0 radical (unpaired) electrons. The first-order valence-electron chi connectivity index (χ1n) is 8.81. The summed E-state index contributed by atoms with van der Waals surface area (Å²) in [7, 11) is 5.04. The zero-order valence-electron chi connectivity index (χ0n) is 15.1. The topological polar surface area (TPSA) is 54.9 Å². The molecular weight excluding hydrogens is 325 g/mol. The molecule has 25 heavy (non-hydrogen) atoms. The van der Waals surface area contributed by atoms with Crippen molar-refractivity contribution in [3.05, 3.63) is 17.9 Å². The summed E-state index contributed by atoms with van der Waals surface area (Å²) in [5, 5.41) is 0. The lowest BCUT2D eigenvalue weighted by atomic mass is 9.89. The molecule has 0 bridgehead atoms. The molecule has 1 aromatic rings. The number of anilines is 1. The van der Waals surface area contributed by atoms with Gasteiger partial charge in [0.05, 0.1) is 13.2 Å². The summed E-state index contributed by atoms with van der Waals surface area (Å²) < 4.78 is 25.2. The van der Waals surface area contributed by atoms with Crippen LogP contribution in [0.2, 0.25) is 0 Å². The molecule has 3 heterocycles. The normalized spacial score (nSPS) is 24.4. The van der Waals surface area contributed by atoms with Crippen LogP contribution in [-0.2, 0) is 9.53 Å². The van der Waals surface area contributed by atoms with Gasteiger partial charge in [-0.1, -0.05) is 0 Å². The lowest BCUT2D eigenvalue weighted by molar-refractivity contribution is -0.141. The van der Waals surface area contributed by atoms with Crippen LogP contribution in [0.4, 0.5) is 10.2 Å². The fraction of sp³-hybridized carbons (Fsp3) is 0.667. The SMILES string of the molecule is COc1ccc(F)c(N2CCC([C@@H]3CC[C@H](C(=O)N(C)C)O3)CC2)n1. The van der Waals surface area contributed by atoms with E-state index < -0.39 is 0 Å². The van der Waals surface area contributed by atoms with E-state index in [4.69, 9.17) is 9.47 Å². The van der Waals surface area contributed by atoms with Crippen LogP contribution in [0.1, 0.15) is 25.7 Å². The number of likely N-dealkylation sites (N-methyl/N-ethyl adjacent to an activating group) is 1. The molecule has 0 aromatic carbocycles. The van der Waals surface area contributed by atoms with E-state index in [2.05, 4.69) is 4.98 Å². The van der Waals surface area contributed by atoms with Gasteiger partial charge < -0.3 is 19.3 Å². The van der Waals surface area contributed by atoms with Crippen molar-refractivity contribution in [2.24, 2.45) is 5.92 Å². The molecule has 2 saturated heterocycles. The number of halogens is 1. The molecule has 2 atom stereocenters. The number of pyridine rings is 1. The molecule has 7 heteroatoms. The Morgan fingerprint density at radius 2 is 2.00 bits per heavy atom. The highest BCUT2D eigenvalue weighted by Gasteiger charge is 2.37. The first-order chi connectivity index (χ1) is 12.0. The molecule has 138 valence electrons. The van der Waals surface area contributed by atoms with Gasteiger partial charge in [-0.15, -0.1) is 0 Å². The van der Waals surface area contributed by atoms with Crippen molar-refractivity contribution in [2.75, 3.05) is 39.2 Å². The highest BCUT2D eigenvalue weighted by Crippen LogP contribution is 2.34. The molecule has 0 aliphatic carbocycles. The van der Waals surface area contributed by atoms with Gasteiger partial charge in [0.25, 0.3) is 5.91 Å². The second kappa shape index (κ2) is 7.56. The second-order valence-electron chi connectivity index (χ2n) is 6.96. The predicted molar refractivity (Wildman–Crippen MR) is 92.3 cm³/mol. The van der Waals surface area contributed by atoms with Crippen molar-refractivity contribution in [1.29, 1.82) is 0 Å². The van der Waals surface area contributed by atoms with Crippen molar-refractivity contribution in [1.82, 2.24) is 9.88 Å². The number of methoxy groups -OCH3 is 1. The minimum atomic E-state index is -0.326. The third kappa shape index (κ3) is 3.86.